The van der Waals surface area contributed by atoms with Crippen LogP contribution in [0.2, 0.25) is 0 Å². The molecule has 3 saturated heterocycles. The zero-order valence-electron chi connectivity index (χ0n) is 16.6. The van der Waals surface area contributed by atoms with E-state index in [0.29, 0.717) is 11.8 Å². The highest BCUT2D eigenvalue weighted by molar-refractivity contribution is 9.10. The van der Waals surface area contributed by atoms with Crippen molar-refractivity contribution in [3.05, 3.63) is 106 Å². The van der Waals surface area contributed by atoms with Crippen molar-refractivity contribution in [3.63, 3.8) is 0 Å². The SMILES string of the molecule is Brc1ccc([C@@]23[C@H]4O[C@]5(OCCC[C@@H]25)C(c2ccccc2)(c2ccccc2)[C@H]43)cc1. The topological polar surface area (TPSA) is 18.5 Å². The maximum atomic E-state index is 6.98. The Morgan fingerprint density at radius 3 is 2.03 bits per heavy atom. The minimum Gasteiger partial charge on any atom is -0.348 e. The van der Waals surface area contributed by atoms with Crippen LogP contribution in [0.5, 0.6) is 0 Å². The van der Waals surface area contributed by atoms with Gasteiger partial charge in [0.2, 0.25) is 0 Å². The first-order valence-corrected chi connectivity index (χ1v) is 11.7. The monoisotopic (exact) mass is 458 g/mol. The maximum Gasteiger partial charge on any atom is 0.186 e. The molecule has 3 aliphatic heterocycles. The summed E-state index contributed by atoms with van der Waals surface area (Å²) in [6.07, 6.45) is 2.47. The van der Waals surface area contributed by atoms with E-state index in [4.69, 9.17) is 9.47 Å². The minimum atomic E-state index is -0.587. The highest BCUT2D eigenvalue weighted by atomic mass is 79.9. The third-order valence-corrected chi connectivity index (χ3v) is 8.82. The molecule has 30 heavy (non-hydrogen) atoms. The summed E-state index contributed by atoms with van der Waals surface area (Å²) >= 11 is 3.62. The van der Waals surface area contributed by atoms with Crippen LogP contribution in [0.25, 0.3) is 0 Å². The predicted molar refractivity (Wildman–Crippen MR) is 119 cm³/mol. The van der Waals surface area contributed by atoms with Crippen molar-refractivity contribution in [1.82, 2.24) is 0 Å². The number of hydrogen-bond donors (Lipinski definition) is 0. The van der Waals surface area contributed by atoms with Gasteiger partial charge in [-0.15, -0.1) is 0 Å². The van der Waals surface area contributed by atoms with Crippen LogP contribution < -0.4 is 0 Å². The summed E-state index contributed by atoms with van der Waals surface area (Å²) in [5.41, 5.74) is 3.82. The highest BCUT2D eigenvalue weighted by Gasteiger charge is 2.97. The van der Waals surface area contributed by atoms with Gasteiger partial charge in [0.05, 0.1) is 18.1 Å². The van der Waals surface area contributed by atoms with Crippen molar-refractivity contribution < 1.29 is 9.47 Å². The Morgan fingerprint density at radius 2 is 1.40 bits per heavy atom. The molecule has 0 N–H and O–H groups in total. The van der Waals surface area contributed by atoms with Crippen LogP contribution in [0, 0.1) is 11.8 Å². The molecule has 4 bridgehead atoms. The molecule has 5 atom stereocenters. The Kier molecular flexibility index (Phi) is 3.45. The second kappa shape index (κ2) is 5.85. The molecule has 5 fully saturated rings. The van der Waals surface area contributed by atoms with Gasteiger partial charge in [0.1, 0.15) is 0 Å². The molecular weight excluding hydrogens is 436 g/mol. The Labute approximate surface area is 185 Å². The van der Waals surface area contributed by atoms with Gasteiger partial charge in [-0.05, 0) is 41.7 Å². The molecule has 3 heterocycles. The average molecular weight is 459 g/mol. The fourth-order valence-electron chi connectivity index (χ4n) is 7.51. The van der Waals surface area contributed by atoms with Crippen molar-refractivity contribution >= 4 is 15.9 Å². The smallest absolute Gasteiger partial charge is 0.186 e. The summed E-state index contributed by atoms with van der Waals surface area (Å²) in [5, 5.41) is 0. The van der Waals surface area contributed by atoms with E-state index < -0.39 is 5.79 Å². The Morgan fingerprint density at radius 1 is 0.767 bits per heavy atom. The molecule has 2 saturated carbocycles. The van der Waals surface area contributed by atoms with Gasteiger partial charge < -0.3 is 9.47 Å². The number of benzene rings is 3. The number of hydrogen-bond acceptors (Lipinski definition) is 2. The van der Waals surface area contributed by atoms with Gasteiger partial charge >= 0.3 is 0 Å². The first-order chi connectivity index (χ1) is 14.8. The lowest BCUT2D eigenvalue weighted by Gasteiger charge is -2.47. The van der Waals surface area contributed by atoms with E-state index in [1.165, 1.54) is 16.7 Å². The second-order valence-electron chi connectivity index (χ2n) is 9.21. The van der Waals surface area contributed by atoms with Crippen LogP contribution in [0.1, 0.15) is 29.5 Å². The molecule has 3 aromatic rings. The normalized spacial score (nSPS) is 37.0. The van der Waals surface area contributed by atoms with Crippen molar-refractivity contribution in [2.45, 2.75) is 35.6 Å². The molecule has 5 aliphatic rings. The van der Waals surface area contributed by atoms with E-state index in [1.807, 2.05) is 0 Å². The van der Waals surface area contributed by atoms with E-state index in [2.05, 4.69) is 101 Å². The molecule has 0 aromatic heterocycles. The Balaban J connectivity index is 1.54. The summed E-state index contributed by atoms with van der Waals surface area (Å²) in [5.74, 6) is 0.172. The van der Waals surface area contributed by atoms with E-state index in [0.717, 1.165) is 23.9 Å². The summed E-state index contributed by atoms with van der Waals surface area (Å²) < 4.78 is 14.9. The summed E-state index contributed by atoms with van der Waals surface area (Å²) in [7, 11) is 0. The maximum absolute atomic E-state index is 6.98. The molecular formula is C27H23BrO2. The first-order valence-electron chi connectivity index (χ1n) is 10.9. The molecule has 2 aliphatic carbocycles. The fourth-order valence-corrected chi connectivity index (χ4v) is 7.78. The largest absolute Gasteiger partial charge is 0.348 e. The molecule has 3 heteroatoms. The lowest BCUT2D eigenvalue weighted by Crippen LogP contribution is -2.55. The molecule has 2 nitrogen and oxygen atoms in total. The van der Waals surface area contributed by atoms with Crippen molar-refractivity contribution in [2.75, 3.05) is 6.61 Å². The van der Waals surface area contributed by atoms with E-state index in [1.54, 1.807) is 0 Å². The standard InChI is InChI=1S/C27H23BrO2/c28-21-15-13-18(14-16-21)25-22-12-7-17-29-27(22)26(23(25)24(25)30-27,19-8-3-1-4-9-19)20-10-5-2-6-11-20/h1-6,8-11,13-16,22-24H,7,12,17H2/t22-,23+,24-,25+,27-/m0/s1. The zero-order chi connectivity index (χ0) is 20.0. The summed E-state index contributed by atoms with van der Waals surface area (Å²) in [6.45, 7) is 0.772. The minimum absolute atomic E-state index is 0.0345. The Hall–Kier alpha value is -1.94. The zero-order valence-corrected chi connectivity index (χ0v) is 18.2. The second-order valence-corrected chi connectivity index (χ2v) is 10.1. The van der Waals surface area contributed by atoms with Crippen LogP contribution in [-0.4, -0.2) is 18.5 Å². The first kappa shape index (κ1) is 17.7. The number of rotatable bonds is 3. The van der Waals surface area contributed by atoms with Gasteiger partial charge in [-0.1, -0.05) is 88.7 Å². The van der Waals surface area contributed by atoms with Crippen LogP contribution in [0.15, 0.2) is 89.4 Å². The van der Waals surface area contributed by atoms with Crippen molar-refractivity contribution in [1.29, 1.82) is 0 Å². The third kappa shape index (κ3) is 1.77. The Bertz CT molecular complexity index is 1070. The van der Waals surface area contributed by atoms with Gasteiger partial charge in [-0.25, -0.2) is 0 Å². The lowest BCUT2D eigenvalue weighted by atomic mass is 9.65. The van der Waals surface area contributed by atoms with Gasteiger partial charge in [0.15, 0.2) is 5.79 Å². The lowest BCUT2D eigenvalue weighted by molar-refractivity contribution is -0.258. The molecule has 0 unspecified atom stereocenters. The van der Waals surface area contributed by atoms with Crippen LogP contribution in [-0.2, 0) is 20.3 Å². The molecule has 0 amide bonds. The molecule has 150 valence electrons. The highest BCUT2D eigenvalue weighted by Crippen LogP contribution is 2.87. The van der Waals surface area contributed by atoms with E-state index in [-0.39, 0.29) is 16.9 Å². The van der Waals surface area contributed by atoms with E-state index in [9.17, 15) is 0 Å². The quantitative estimate of drug-likeness (QED) is 0.490. The van der Waals surface area contributed by atoms with E-state index >= 15 is 0 Å². The van der Waals surface area contributed by atoms with Gasteiger partial charge in [0, 0.05) is 21.7 Å². The number of halogens is 1. The molecule has 1 spiro atoms. The molecule has 0 radical (unpaired) electrons. The fraction of sp³-hybridized carbons (Fsp3) is 0.333. The van der Waals surface area contributed by atoms with Gasteiger partial charge in [0.25, 0.3) is 0 Å². The average Bonchev–Trinajstić information content (AvgIpc) is 3.10. The third-order valence-electron chi connectivity index (χ3n) is 8.29. The van der Waals surface area contributed by atoms with Crippen LogP contribution >= 0.6 is 15.9 Å². The van der Waals surface area contributed by atoms with Crippen molar-refractivity contribution in [3.8, 4) is 0 Å². The van der Waals surface area contributed by atoms with Crippen molar-refractivity contribution in [2.24, 2.45) is 11.8 Å². The van der Waals surface area contributed by atoms with Crippen LogP contribution in [0.3, 0.4) is 0 Å². The van der Waals surface area contributed by atoms with Crippen LogP contribution in [0.4, 0.5) is 0 Å². The molecule has 8 rings (SSSR count). The number of ether oxygens (including phenoxy) is 2. The predicted octanol–water partition coefficient (Wildman–Crippen LogP) is 5.84. The van der Waals surface area contributed by atoms with Gasteiger partial charge in [-0.3, -0.25) is 0 Å². The van der Waals surface area contributed by atoms with Gasteiger partial charge in [-0.2, -0.15) is 0 Å². The molecule has 3 aromatic carbocycles. The summed E-state index contributed by atoms with van der Waals surface area (Å²) in [6, 6.07) is 30.9. The summed E-state index contributed by atoms with van der Waals surface area (Å²) in [4.78, 5) is 0.